The fraction of sp³-hybridized carbons (Fsp3) is 0.278. The molecule has 0 aromatic heterocycles. The Hall–Kier alpha value is -2.13. The van der Waals surface area contributed by atoms with Gasteiger partial charge in [-0.05, 0) is 25.0 Å². The zero-order valence-electron chi connectivity index (χ0n) is 12.4. The van der Waals surface area contributed by atoms with Gasteiger partial charge in [0.15, 0.2) is 0 Å². The van der Waals surface area contributed by atoms with Crippen LogP contribution in [0.2, 0.25) is 0 Å². The van der Waals surface area contributed by atoms with Crippen molar-refractivity contribution in [1.29, 1.82) is 0 Å². The summed E-state index contributed by atoms with van der Waals surface area (Å²) < 4.78 is 10.8. The van der Waals surface area contributed by atoms with E-state index in [2.05, 4.69) is 0 Å². The van der Waals surface area contributed by atoms with Gasteiger partial charge in [0.2, 0.25) is 5.60 Å². The molecule has 2 atom stereocenters. The van der Waals surface area contributed by atoms with Crippen molar-refractivity contribution in [3.8, 4) is 0 Å². The summed E-state index contributed by atoms with van der Waals surface area (Å²) in [5, 5.41) is 0. The van der Waals surface area contributed by atoms with Crippen LogP contribution in [-0.4, -0.2) is 13.1 Å². The topological polar surface area (TPSA) is 38.8 Å². The molecule has 3 heteroatoms. The summed E-state index contributed by atoms with van der Waals surface area (Å²) in [6.45, 7) is 4.05. The van der Waals surface area contributed by atoms with Gasteiger partial charge < -0.3 is 9.47 Å². The SMILES string of the molecule is COC(=O)C1(c2ccc(C)cc2)OC1c1ccc(C)cc1. The first kappa shape index (κ1) is 13.8. The van der Waals surface area contributed by atoms with Crippen LogP contribution in [0, 0.1) is 13.8 Å². The van der Waals surface area contributed by atoms with Crippen LogP contribution in [0.15, 0.2) is 48.5 Å². The molecule has 108 valence electrons. The normalized spacial score (nSPS) is 23.7. The minimum absolute atomic E-state index is 0.284. The van der Waals surface area contributed by atoms with Crippen molar-refractivity contribution in [2.24, 2.45) is 0 Å². The Bertz CT molecular complexity index is 658. The van der Waals surface area contributed by atoms with Crippen molar-refractivity contribution in [3.05, 3.63) is 70.8 Å². The van der Waals surface area contributed by atoms with Gasteiger partial charge in [0.1, 0.15) is 6.10 Å². The van der Waals surface area contributed by atoms with E-state index >= 15 is 0 Å². The summed E-state index contributed by atoms with van der Waals surface area (Å²) in [5.74, 6) is -0.350. The van der Waals surface area contributed by atoms with Crippen molar-refractivity contribution in [2.75, 3.05) is 7.11 Å². The van der Waals surface area contributed by atoms with Crippen molar-refractivity contribution in [2.45, 2.75) is 25.6 Å². The number of epoxide rings is 1. The highest BCUT2D eigenvalue weighted by Gasteiger charge is 2.65. The molecule has 0 saturated carbocycles. The number of aryl methyl sites for hydroxylation is 2. The minimum Gasteiger partial charge on any atom is -0.467 e. The summed E-state index contributed by atoms with van der Waals surface area (Å²) in [6.07, 6.45) is -0.284. The predicted molar refractivity (Wildman–Crippen MR) is 79.9 cm³/mol. The smallest absolute Gasteiger partial charge is 0.346 e. The number of hydrogen-bond acceptors (Lipinski definition) is 3. The van der Waals surface area contributed by atoms with Crippen molar-refractivity contribution >= 4 is 5.97 Å². The molecule has 1 heterocycles. The molecule has 0 aliphatic carbocycles. The number of methoxy groups -OCH3 is 1. The second kappa shape index (κ2) is 5.01. The van der Waals surface area contributed by atoms with Crippen LogP contribution < -0.4 is 0 Å². The Kier molecular flexibility index (Phi) is 3.30. The predicted octanol–water partition coefficient (Wildman–Crippen LogP) is 3.44. The van der Waals surface area contributed by atoms with Crippen molar-refractivity contribution in [1.82, 2.24) is 0 Å². The van der Waals surface area contributed by atoms with Crippen LogP contribution in [0.4, 0.5) is 0 Å². The van der Waals surface area contributed by atoms with Gasteiger partial charge in [-0.2, -0.15) is 0 Å². The largest absolute Gasteiger partial charge is 0.467 e. The first-order valence-corrected chi connectivity index (χ1v) is 6.98. The van der Waals surface area contributed by atoms with E-state index in [-0.39, 0.29) is 12.1 Å². The lowest BCUT2D eigenvalue weighted by atomic mass is 9.91. The Labute approximate surface area is 124 Å². The number of hydrogen-bond donors (Lipinski definition) is 0. The van der Waals surface area contributed by atoms with Crippen LogP contribution in [-0.2, 0) is 19.9 Å². The number of esters is 1. The highest BCUT2D eigenvalue weighted by molar-refractivity contribution is 5.85. The highest BCUT2D eigenvalue weighted by atomic mass is 16.7. The third kappa shape index (κ3) is 2.24. The molecule has 0 N–H and O–H groups in total. The molecule has 21 heavy (non-hydrogen) atoms. The van der Waals surface area contributed by atoms with E-state index in [0.717, 1.165) is 16.7 Å². The Balaban J connectivity index is 1.99. The molecule has 0 radical (unpaired) electrons. The Morgan fingerprint density at radius 1 is 1.00 bits per heavy atom. The summed E-state index contributed by atoms with van der Waals surface area (Å²) in [6, 6.07) is 15.9. The lowest BCUT2D eigenvalue weighted by molar-refractivity contribution is -0.147. The maximum absolute atomic E-state index is 12.3. The Morgan fingerprint density at radius 2 is 1.52 bits per heavy atom. The van der Waals surface area contributed by atoms with Gasteiger partial charge in [0.25, 0.3) is 0 Å². The zero-order valence-corrected chi connectivity index (χ0v) is 12.4. The lowest BCUT2D eigenvalue weighted by Gasteiger charge is -2.11. The molecule has 0 spiro atoms. The summed E-state index contributed by atoms with van der Waals surface area (Å²) in [4.78, 5) is 12.3. The number of benzene rings is 2. The minimum atomic E-state index is -1.00. The monoisotopic (exact) mass is 282 g/mol. The van der Waals surface area contributed by atoms with Gasteiger partial charge in [0.05, 0.1) is 7.11 Å². The molecule has 1 saturated heterocycles. The van der Waals surface area contributed by atoms with Gasteiger partial charge in [-0.3, -0.25) is 0 Å². The standard InChI is InChI=1S/C18H18O3/c1-12-4-8-14(9-5-12)16-18(21-16,17(19)20-3)15-10-6-13(2)7-11-15/h4-11,16H,1-3H3. The maximum Gasteiger partial charge on any atom is 0.346 e. The molecule has 0 amide bonds. The van der Waals surface area contributed by atoms with E-state index in [1.165, 1.54) is 12.7 Å². The number of carbonyl (C=O) groups is 1. The van der Waals surface area contributed by atoms with Gasteiger partial charge >= 0.3 is 5.97 Å². The van der Waals surface area contributed by atoms with Crippen LogP contribution in [0.5, 0.6) is 0 Å². The van der Waals surface area contributed by atoms with E-state index in [9.17, 15) is 4.79 Å². The second-order valence-electron chi connectivity index (χ2n) is 5.50. The quantitative estimate of drug-likeness (QED) is 0.639. The summed E-state index contributed by atoms with van der Waals surface area (Å²) in [5.41, 5.74) is 3.15. The van der Waals surface area contributed by atoms with Gasteiger partial charge in [-0.1, -0.05) is 59.7 Å². The lowest BCUT2D eigenvalue weighted by Crippen LogP contribution is -2.24. The molecular weight excluding hydrogens is 264 g/mol. The van der Waals surface area contributed by atoms with Crippen LogP contribution >= 0.6 is 0 Å². The van der Waals surface area contributed by atoms with Crippen LogP contribution in [0.3, 0.4) is 0 Å². The number of carbonyl (C=O) groups excluding carboxylic acids is 1. The molecular formula is C18H18O3. The van der Waals surface area contributed by atoms with Crippen LogP contribution in [0.1, 0.15) is 28.4 Å². The molecule has 1 aliphatic rings. The molecule has 1 fully saturated rings. The molecule has 0 bridgehead atoms. The van der Waals surface area contributed by atoms with Gasteiger partial charge in [-0.25, -0.2) is 4.79 Å². The van der Waals surface area contributed by atoms with E-state index in [4.69, 9.17) is 9.47 Å². The zero-order chi connectivity index (χ0) is 15.0. The van der Waals surface area contributed by atoms with E-state index < -0.39 is 5.60 Å². The second-order valence-corrected chi connectivity index (χ2v) is 5.50. The third-order valence-corrected chi connectivity index (χ3v) is 3.96. The molecule has 3 nitrogen and oxygen atoms in total. The van der Waals surface area contributed by atoms with Gasteiger partial charge in [-0.15, -0.1) is 0 Å². The summed E-state index contributed by atoms with van der Waals surface area (Å²) >= 11 is 0. The summed E-state index contributed by atoms with van der Waals surface area (Å²) in [7, 11) is 1.39. The first-order valence-electron chi connectivity index (χ1n) is 6.98. The maximum atomic E-state index is 12.3. The molecule has 2 aromatic rings. The average Bonchev–Trinajstić information content (AvgIpc) is 3.24. The first-order chi connectivity index (χ1) is 10.1. The average molecular weight is 282 g/mol. The Morgan fingerprint density at radius 3 is 2.05 bits per heavy atom. The van der Waals surface area contributed by atoms with E-state index in [1.54, 1.807) is 0 Å². The van der Waals surface area contributed by atoms with Gasteiger partial charge in [0, 0.05) is 0 Å². The number of ether oxygens (including phenoxy) is 2. The molecule has 1 aliphatic heterocycles. The van der Waals surface area contributed by atoms with Crippen molar-refractivity contribution in [3.63, 3.8) is 0 Å². The van der Waals surface area contributed by atoms with Crippen LogP contribution in [0.25, 0.3) is 0 Å². The van der Waals surface area contributed by atoms with E-state index in [1.807, 2.05) is 62.4 Å². The molecule has 3 rings (SSSR count). The molecule has 2 aromatic carbocycles. The molecule has 2 unspecified atom stereocenters. The van der Waals surface area contributed by atoms with E-state index in [0.29, 0.717) is 0 Å². The highest BCUT2D eigenvalue weighted by Crippen LogP contribution is 2.57. The fourth-order valence-electron chi connectivity index (χ4n) is 2.64. The third-order valence-electron chi connectivity index (χ3n) is 3.96. The fourth-order valence-corrected chi connectivity index (χ4v) is 2.64. The number of rotatable bonds is 3. The van der Waals surface area contributed by atoms with Crippen molar-refractivity contribution < 1.29 is 14.3 Å².